The van der Waals surface area contributed by atoms with Gasteiger partial charge >= 0.3 is 0 Å². The lowest BCUT2D eigenvalue weighted by atomic mass is 10.0. The molecule has 0 spiro atoms. The summed E-state index contributed by atoms with van der Waals surface area (Å²) in [5, 5.41) is 3.07. The summed E-state index contributed by atoms with van der Waals surface area (Å²) in [7, 11) is 1.62. The fraction of sp³-hybridized carbons (Fsp3) is 0.529. The number of ether oxygens (including phenoxy) is 1. The normalized spacial score (nSPS) is 17.9. The Labute approximate surface area is 130 Å². The van der Waals surface area contributed by atoms with Gasteiger partial charge in [-0.25, -0.2) is 0 Å². The zero-order valence-corrected chi connectivity index (χ0v) is 12.9. The van der Waals surface area contributed by atoms with E-state index >= 15 is 0 Å². The first-order chi connectivity index (χ1) is 10.7. The number of rotatable bonds is 5. The molecule has 118 valence electrons. The molecule has 1 saturated carbocycles. The highest BCUT2D eigenvalue weighted by molar-refractivity contribution is 6.09. The van der Waals surface area contributed by atoms with Gasteiger partial charge < -0.3 is 15.0 Å². The molecular weight excluding hydrogens is 280 g/mol. The van der Waals surface area contributed by atoms with E-state index in [2.05, 4.69) is 5.32 Å². The highest BCUT2D eigenvalue weighted by Crippen LogP contribution is 2.26. The van der Waals surface area contributed by atoms with Crippen molar-refractivity contribution in [2.24, 2.45) is 0 Å². The van der Waals surface area contributed by atoms with E-state index in [9.17, 15) is 9.59 Å². The number of hydrogen-bond donors (Lipinski definition) is 1. The van der Waals surface area contributed by atoms with Crippen molar-refractivity contribution in [2.75, 3.05) is 20.3 Å². The monoisotopic (exact) mass is 302 g/mol. The van der Waals surface area contributed by atoms with Crippen LogP contribution in [0.15, 0.2) is 18.2 Å². The van der Waals surface area contributed by atoms with Gasteiger partial charge in [0.15, 0.2) is 0 Å². The van der Waals surface area contributed by atoms with Gasteiger partial charge in [-0.05, 0) is 24.5 Å². The van der Waals surface area contributed by atoms with Crippen LogP contribution in [0.4, 0.5) is 0 Å². The zero-order valence-electron chi connectivity index (χ0n) is 12.9. The maximum absolute atomic E-state index is 12.6. The Hall–Kier alpha value is -1.88. The molecular formula is C17H22N2O3. The molecule has 1 N–H and O–H groups in total. The van der Waals surface area contributed by atoms with Gasteiger partial charge in [0.05, 0.1) is 17.7 Å². The highest BCUT2D eigenvalue weighted by atomic mass is 16.5. The van der Waals surface area contributed by atoms with E-state index in [1.165, 1.54) is 12.8 Å². The Morgan fingerprint density at radius 3 is 2.86 bits per heavy atom. The minimum Gasteiger partial charge on any atom is -0.383 e. The summed E-state index contributed by atoms with van der Waals surface area (Å²) in [5.41, 5.74) is 2.00. The van der Waals surface area contributed by atoms with E-state index in [-0.39, 0.29) is 17.9 Å². The Kier molecular flexibility index (Phi) is 4.43. The third-order valence-corrected chi connectivity index (χ3v) is 4.51. The van der Waals surface area contributed by atoms with Crippen LogP contribution < -0.4 is 5.32 Å². The first kappa shape index (κ1) is 15.0. The molecule has 0 unspecified atom stereocenters. The molecule has 22 heavy (non-hydrogen) atoms. The number of carbonyl (C=O) groups excluding carboxylic acids is 2. The molecule has 0 bridgehead atoms. The number of carbonyl (C=O) groups is 2. The van der Waals surface area contributed by atoms with E-state index in [1.54, 1.807) is 18.1 Å². The fourth-order valence-electron chi connectivity index (χ4n) is 3.32. The molecule has 0 atom stereocenters. The number of nitrogens with one attached hydrogen (secondary N) is 1. The quantitative estimate of drug-likeness (QED) is 0.904. The molecule has 1 fully saturated rings. The topological polar surface area (TPSA) is 58.6 Å². The van der Waals surface area contributed by atoms with Gasteiger partial charge in [-0.3, -0.25) is 9.59 Å². The van der Waals surface area contributed by atoms with E-state index in [0.29, 0.717) is 30.8 Å². The van der Waals surface area contributed by atoms with Crippen LogP contribution in [-0.2, 0) is 11.3 Å². The Balaban J connectivity index is 1.79. The second kappa shape index (κ2) is 6.48. The average Bonchev–Trinajstić information content (AvgIpc) is 3.13. The summed E-state index contributed by atoms with van der Waals surface area (Å²) < 4.78 is 5.04. The third kappa shape index (κ3) is 2.86. The summed E-state index contributed by atoms with van der Waals surface area (Å²) in [6.07, 6.45) is 4.41. The summed E-state index contributed by atoms with van der Waals surface area (Å²) in [6, 6.07) is 5.78. The first-order valence-electron chi connectivity index (χ1n) is 7.91. The number of methoxy groups -OCH3 is 1. The minimum atomic E-state index is -0.120. The van der Waals surface area contributed by atoms with Crippen molar-refractivity contribution < 1.29 is 14.3 Å². The summed E-state index contributed by atoms with van der Waals surface area (Å²) in [5.74, 6) is -0.185. The van der Waals surface area contributed by atoms with E-state index < -0.39 is 0 Å². The van der Waals surface area contributed by atoms with Crippen LogP contribution in [0.25, 0.3) is 0 Å². The van der Waals surface area contributed by atoms with Gasteiger partial charge in [0.1, 0.15) is 0 Å². The van der Waals surface area contributed by atoms with Gasteiger partial charge in [-0.1, -0.05) is 25.0 Å². The molecule has 0 aromatic heterocycles. The summed E-state index contributed by atoms with van der Waals surface area (Å²) >= 11 is 0. The van der Waals surface area contributed by atoms with Crippen molar-refractivity contribution in [3.05, 3.63) is 34.9 Å². The largest absolute Gasteiger partial charge is 0.383 e. The van der Waals surface area contributed by atoms with Crippen molar-refractivity contribution in [1.29, 1.82) is 0 Å². The van der Waals surface area contributed by atoms with Crippen molar-refractivity contribution >= 4 is 11.8 Å². The van der Waals surface area contributed by atoms with Crippen molar-refractivity contribution in [2.45, 2.75) is 38.3 Å². The lowest BCUT2D eigenvalue weighted by Gasteiger charge is -2.15. The Morgan fingerprint density at radius 1 is 1.36 bits per heavy atom. The van der Waals surface area contributed by atoms with E-state index in [0.717, 1.165) is 18.4 Å². The standard InChI is InChI=1S/C17H22N2O3/c1-22-10-9-19-11-12-5-4-8-14(15(12)17(19)21)16(20)18-13-6-2-3-7-13/h4-5,8,13H,2-3,6-7,9-11H2,1H3,(H,18,20). The van der Waals surface area contributed by atoms with Crippen LogP contribution in [0.2, 0.25) is 0 Å². The molecule has 1 aromatic rings. The predicted molar refractivity (Wildman–Crippen MR) is 82.8 cm³/mol. The Bertz CT molecular complexity index is 579. The number of nitrogens with zero attached hydrogens (tertiary/aromatic N) is 1. The van der Waals surface area contributed by atoms with E-state index in [1.807, 2.05) is 12.1 Å². The SMILES string of the molecule is COCCN1Cc2cccc(C(=O)NC3CCCC3)c2C1=O. The fourth-order valence-corrected chi connectivity index (χ4v) is 3.32. The molecule has 5 heteroatoms. The molecule has 1 aliphatic carbocycles. The maximum atomic E-state index is 12.6. The first-order valence-corrected chi connectivity index (χ1v) is 7.91. The molecule has 1 aliphatic heterocycles. The van der Waals surface area contributed by atoms with Crippen LogP contribution in [0.5, 0.6) is 0 Å². The zero-order chi connectivity index (χ0) is 15.5. The molecule has 0 radical (unpaired) electrons. The minimum absolute atomic E-state index is 0.0655. The van der Waals surface area contributed by atoms with E-state index in [4.69, 9.17) is 4.74 Å². The molecule has 2 aliphatic rings. The smallest absolute Gasteiger partial charge is 0.255 e. The van der Waals surface area contributed by atoms with Gasteiger partial charge in [0.2, 0.25) is 0 Å². The molecule has 0 saturated heterocycles. The molecule has 2 amide bonds. The van der Waals surface area contributed by atoms with Crippen LogP contribution in [0, 0.1) is 0 Å². The molecule has 3 rings (SSSR count). The highest BCUT2D eigenvalue weighted by Gasteiger charge is 2.32. The van der Waals surface area contributed by atoms with Gasteiger partial charge in [-0.15, -0.1) is 0 Å². The number of benzene rings is 1. The maximum Gasteiger partial charge on any atom is 0.255 e. The average molecular weight is 302 g/mol. The van der Waals surface area contributed by atoms with Crippen molar-refractivity contribution in [3.8, 4) is 0 Å². The van der Waals surface area contributed by atoms with Crippen LogP contribution in [0.1, 0.15) is 52.0 Å². The van der Waals surface area contributed by atoms with Gasteiger partial charge in [0, 0.05) is 26.2 Å². The van der Waals surface area contributed by atoms with Crippen molar-refractivity contribution in [3.63, 3.8) is 0 Å². The van der Waals surface area contributed by atoms with Crippen LogP contribution in [0.3, 0.4) is 0 Å². The second-order valence-corrected chi connectivity index (χ2v) is 6.01. The lowest BCUT2D eigenvalue weighted by Crippen LogP contribution is -2.34. The van der Waals surface area contributed by atoms with Gasteiger partial charge in [-0.2, -0.15) is 0 Å². The Morgan fingerprint density at radius 2 is 2.14 bits per heavy atom. The van der Waals surface area contributed by atoms with Gasteiger partial charge in [0.25, 0.3) is 11.8 Å². The molecule has 1 heterocycles. The van der Waals surface area contributed by atoms with Crippen molar-refractivity contribution in [1.82, 2.24) is 10.2 Å². The third-order valence-electron chi connectivity index (χ3n) is 4.51. The number of amides is 2. The molecule has 5 nitrogen and oxygen atoms in total. The lowest BCUT2D eigenvalue weighted by molar-refractivity contribution is 0.0715. The van der Waals surface area contributed by atoms with Crippen LogP contribution in [-0.4, -0.2) is 43.0 Å². The summed E-state index contributed by atoms with van der Waals surface area (Å²) in [4.78, 5) is 26.8. The summed E-state index contributed by atoms with van der Waals surface area (Å²) in [6.45, 7) is 1.61. The van der Waals surface area contributed by atoms with Crippen LogP contribution >= 0.6 is 0 Å². The predicted octanol–water partition coefficient (Wildman–Crippen LogP) is 1.96. The number of fused-ring (bicyclic) bond motifs is 1. The molecule has 1 aromatic carbocycles. The number of hydrogen-bond acceptors (Lipinski definition) is 3. The second-order valence-electron chi connectivity index (χ2n) is 6.01.